The molecule has 1 aromatic rings. The number of Topliss-reactive ketones (excluding diaryl/α,β-unsaturated/α-hetero) is 1. The van der Waals surface area contributed by atoms with Crippen LogP contribution >= 0.6 is 0 Å². The van der Waals surface area contributed by atoms with Crippen LogP contribution in [0.5, 0.6) is 5.88 Å². The van der Waals surface area contributed by atoms with Gasteiger partial charge >= 0.3 is 0 Å². The molecule has 3 aliphatic carbocycles. The summed E-state index contributed by atoms with van der Waals surface area (Å²) in [4.78, 5) is 21.7. The van der Waals surface area contributed by atoms with Gasteiger partial charge in [0.25, 0.3) is 0 Å². The van der Waals surface area contributed by atoms with Gasteiger partial charge in [0.1, 0.15) is 17.5 Å². The number of carbonyl (C=O) groups excluding carboxylic acids is 1. The van der Waals surface area contributed by atoms with Gasteiger partial charge in [0, 0.05) is 23.3 Å². The van der Waals surface area contributed by atoms with Crippen LogP contribution in [0, 0.1) is 23.2 Å². The first-order valence-electron chi connectivity index (χ1n) is 8.44. The lowest BCUT2D eigenvalue weighted by Gasteiger charge is -2.46. The Kier molecular flexibility index (Phi) is 3.19. The molecule has 23 heavy (non-hydrogen) atoms. The summed E-state index contributed by atoms with van der Waals surface area (Å²) in [5.74, 6) is 1.90. The van der Waals surface area contributed by atoms with Crippen molar-refractivity contribution in [3.8, 4) is 11.9 Å². The van der Waals surface area contributed by atoms with Crippen molar-refractivity contribution >= 4 is 5.78 Å². The lowest BCUT2D eigenvalue weighted by molar-refractivity contribution is -0.126. The largest absolute Gasteiger partial charge is 0.481 e. The van der Waals surface area contributed by atoms with Crippen molar-refractivity contribution in [2.45, 2.75) is 56.8 Å². The first kappa shape index (κ1) is 14.6. The first-order chi connectivity index (χ1) is 11.1. The highest BCUT2D eigenvalue weighted by molar-refractivity contribution is 5.85. The molecule has 0 amide bonds. The van der Waals surface area contributed by atoms with Crippen LogP contribution in [0.4, 0.5) is 0 Å². The third-order valence-electron chi connectivity index (χ3n) is 5.93. The number of nitrogens with zero attached hydrogens (tertiary/aromatic N) is 3. The van der Waals surface area contributed by atoms with Gasteiger partial charge in [-0.1, -0.05) is 6.92 Å². The molecule has 120 valence electrons. The summed E-state index contributed by atoms with van der Waals surface area (Å²) in [6.07, 6.45) is 5.15. The number of hydrogen-bond acceptors (Lipinski definition) is 5. The fourth-order valence-corrected chi connectivity index (χ4v) is 4.33. The van der Waals surface area contributed by atoms with Crippen LogP contribution in [-0.2, 0) is 16.6 Å². The first-order valence-corrected chi connectivity index (χ1v) is 8.44. The Morgan fingerprint density at radius 1 is 1.30 bits per heavy atom. The Balaban J connectivity index is 1.84. The Morgan fingerprint density at radius 3 is 2.74 bits per heavy atom. The second-order valence-electron chi connectivity index (χ2n) is 7.40. The van der Waals surface area contributed by atoms with E-state index in [2.05, 4.69) is 18.0 Å². The average molecular weight is 311 g/mol. The normalized spacial score (nSPS) is 32.7. The molecule has 0 radical (unpaired) electrons. The monoisotopic (exact) mass is 311 g/mol. The van der Waals surface area contributed by atoms with Crippen molar-refractivity contribution in [1.82, 2.24) is 9.97 Å². The number of fused-ring (bicyclic) bond motifs is 3. The van der Waals surface area contributed by atoms with Crippen molar-refractivity contribution in [3.05, 3.63) is 17.1 Å². The van der Waals surface area contributed by atoms with E-state index < -0.39 is 5.92 Å². The van der Waals surface area contributed by atoms with Gasteiger partial charge in [-0.2, -0.15) is 10.2 Å². The topological polar surface area (TPSA) is 75.9 Å². The molecule has 0 saturated heterocycles. The Bertz CT molecular complexity index is 720. The van der Waals surface area contributed by atoms with Gasteiger partial charge in [-0.15, -0.1) is 0 Å². The maximum atomic E-state index is 12.2. The third-order valence-corrected chi connectivity index (χ3v) is 5.93. The number of nitriles is 1. The number of hydrogen-bond donors (Lipinski definition) is 0. The smallest absolute Gasteiger partial charge is 0.219 e. The van der Waals surface area contributed by atoms with Crippen molar-refractivity contribution in [3.63, 3.8) is 0 Å². The quantitative estimate of drug-likeness (QED) is 0.839. The molecular weight excluding hydrogens is 290 g/mol. The molecule has 5 nitrogen and oxygen atoms in total. The standard InChI is InChI=1S/C18H21N3O2/c1-18-8-11(9-19)14(22)7-12(18)5-6-13-15(18)20-16(10-3-4-10)21-17(13)23-2/h10-12H,3-8H2,1-2H3. The van der Waals surface area contributed by atoms with Crippen molar-refractivity contribution in [2.75, 3.05) is 7.11 Å². The number of ketones is 1. The summed E-state index contributed by atoms with van der Waals surface area (Å²) >= 11 is 0. The molecule has 4 rings (SSSR count). The molecule has 0 aliphatic heterocycles. The highest BCUT2D eigenvalue weighted by Gasteiger charge is 2.50. The molecule has 2 saturated carbocycles. The summed E-state index contributed by atoms with van der Waals surface area (Å²) < 4.78 is 5.55. The van der Waals surface area contributed by atoms with E-state index in [9.17, 15) is 10.1 Å². The number of methoxy groups -OCH3 is 1. The highest BCUT2D eigenvalue weighted by atomic mass is 16.5. The average Bonchev–Trinajstić information content (AvgIpc) is 3.39. The van der Waals surface area contributed by atoms with E-state index in [4.69, 9.17) is 9.72 Å². The zero-order valence-electron chi connectivity index (χ0n) is 13.6. The van der Waals surface area contributed by atoms with E-state index in [1.807, 2.05) is 0 Å². The molecular formula is C18H21N3O2. The van der Waals surface area contributed by atoms with Crippen LogP contribution in [0.25, 0.3) is 0 Å². The van der Waals surface area contributed by atoms with Gasteiger partial charge in [-0.05, 0) is 38.0 Å². The zero-order chi connectivity index (χ0) is 16.2. The minimum absolute atomic E-state index is 0.0989. The molecule has 1 aromatic heterocycles. The van der Waals surface area contributed by atoms with Crippen molar-refractivity contribution < 1.29 is 9.53 Å². The minimum atomic E-state index is -0.507. The SMILES string of the molecule is COc1nc(C2CC2)nc2c1CCC1CC(=O)C(C#N)CC21C. The number of aromatic nitrogens is 2. The number of ether oxygens (including phenoxy) is 1. The molecule has 0 N–H and O–H groups in total. The minimum Gasteiger partial charge on any atom is -0.481 e. The van der Waals surface area contributed by atoms with Crippen LogP contribution in [0.3, 0.4) is 0 Å². The summed E-state index contributed by atoms with van der Waals surface area (Å²) in [5.41, 5.74) is 1.90. The predicted molar refractivity (Wildman–Crippen MR) is 83.1 cm³/mol. The highest BCUT2D eigenvalue weighted by Crippen LogP contribution is 2.52. The van der Waals surface area contributed by atoms with Gasteiger partial charge in [-0.3, -0.25) is 4.79 Å². The second kappa shape index (κ2) is 5.02. The fraction of sp³-hybridized carbons (Fsp3) is 0.667. The van der Waals surface area contributed by atoms with Gasteiger partial charge < -0.3 is 4.74 Å². The van der Waals surface area contributed by atoms with E-state index in [0.29, 0.717) is 24.6 Å². The molecule has 3 aliphatic rings. The van der Waals surface area contributed by atoms with Crippen LogP contribution in [0.2, 0.25) is 0 Å². The Hall–Kier alpha value is -1.96. The van der Waals surface area contributed by atoms with E-state index >= 15 is 0 Å². The number of rotatable bonds is 2. The Labute approximate surface area is 136 Å². The Morgan fingerprint density at radius 2 is 2.09 bits per heavy atom. The van der Waals surface area contributed by atoms with Crippen molar-refractivity contribution in [2.24, 2.45) is 11.8 Å². The van der Waals surface area contributed by atoms with E-state index in [0.717, 1.165) is 42.8 Å². The van der Waals surface area contributed by atoms with Gasteiger partial charge in [0.05, 0.1) is 18.9 Å². The maximum absolute atomic E-state index is 12.2. The van der Waals surface area contributed by atoms with E-state index in [1.165, 1.54) is 0 Å². The molecule has 0 bridgehead atoms. The molecule has 0 aromatic carbocycles. The van der Waals surface area contributed by atoms with Crippen LogP contribution < -0.4 is 4.74 Å². The molecule has 1 heterocycles. The molecule has 2 fully saturated rings. The van der Waals surface area contributed by atoms with Gasteiger partial charge in [0.2, 0.25) is 5.88 Å². The third kappa shape index (κ3) is 2.15. The molecule has 3 unspecified atom stereocenters. The summed E-state index contributed by atoms with van der Waals surface area (Å²) in [6, 6.07) is 2.20. The zero-order valence-corrected chi connectivity index (χ0v) is 13.6. The predicted octanol–water partition coefficient (Wildman–Crippen LogP) is 2.69. The maximum Gasteiger partial charge on any atom is 0.219 e. The van der Waals surface area contributed by atoms with Gasteiger partial charge in [0.15, 0.2) is 0 Å². The second-order valence-corrected chi connectivity index (χ2v) is 7.40. The lowest BCUT2D eigenvalue weighted by Crippen LogP contribution is -2.46. The lowest BCUT2D eigenvalue weighted by atomic mass is 9.57. The number of carbonyl (C=O) groups is 1. The van der Waals surface area contributed by atoms with Crippen LogP contribution in [0.15, 0.2) is 0 Å². The molecule has 0 spiro atoms. The summed E-state index contributed by atoms with van der Waals surface area (Å²) in [6.45, 7) is 2.18. The summed E-state index contributed by atoms with van der Waals surface area (Å²) in [7, 11) is 1.66. The van der Waals surface area contributed by atoms with Crippen molar-refractivity contribution in [1.29, 1.82) is 5.26 Å². The van der Waals surface area contributed by atoms with Crippen LogP contribution in [-0.4, -0.2) is 22.9 Å². The molecule has 3 atom stereocenters. The summed E-state index contributed by atoms with van der Waals surface area (Å²) in [5, 5.41) is 9.34. The van der Waals surface area contributed by atoms with Crippen LogP contribution in [0.1, 0.15) is 62.0 Å². The van der Waals surface area contributed by atoms with E-state index in [1.54, 1.807) is 7.11 Å². The molecule has 5 heteroatoms. The van der Waals surface area contributed by atoms with E-state index in [-0.39, 0.29) is 17.1 Å². The van der Waals surface area contributed by atoms with Gasteiger partial charge in [-0.25, -0.2) is 4.98 Å². The fourth-order valence-electron chi connectivity index (χ4n) is 4.33.